The molecule has 1 N–H and O–H groups in total. The molecule has 9 heteroatoms. The largest absolute Gasteiger partial charge is 0.495 e. The highest BCUT2D eigenvalue weighted by atomic mass is 19.4. The molecule has 0 atom stereocenters. The van der Waals surface area contributed by atoms with Crippen molar-refractivity contribution < 1.29 is 22.7 Å². The number of methoxy groups -OCH3 is 1. The Hall–Kier alpha value is -2.81. The van der Waals surface area contributed by atoms with Crippen LogP contribution in [-0.2, 0) is 11.0 Å². The number of nitrogens with zero attached hydrogens (tertiary/aromatic N) is 3. The maximum atomic E-state index is 12.7. The molecule has 2 aromatic rings. The lowest BCUT2D eigenvalue weighted by Crippen LogP contribution is -2.33. The summed E-state index contributed by atoms with van der Waals surface area (Å²) >= 11 is 0. The molecule has 1 aliphatic heterocycles. The molecule has 162 valence electrons. The molecule has 1 aliphatic rings. The fourth-order valence-electron chi connectivity index (χ4n) is 3.38. The van der Waals surface area contributed by atoms with Gasteiger partial charge in [0, 0.05) is 38.8 Å². The van der Waals surface area contributed by atoms with Crippen LogP contribution in [0, 0.1) is 0 Å². The maximum absolute atomic E-state index is 12.7. The van der Waals surface area contributed by atoms with Gasteiger partial charge in [0.05, 0.1) is 18.4 Å². The summed E-state index contributed by atoms with van der Waals surface area (Å²) in [7, 11) is 1.56. The van der Waals surface area contributed by atoms with Crippen molar-refractivity contribution in [3.8, 4) is 5.75 Å². The molecule has 1 aromatic heterocycles. The highest BCUT2D eigenvalue weighted by molar-refractivity contribution is 5.92. The Morgan fingerprint density at radius 3 is 2.63 bits per heavy atom. The number of para-hydroxylation sites is 2. The molecular formula is C21H25F3N4O2. The second-order valence-electron chi connectivity index (χ2n) is 7.08. The van der Waals surface area contributed by atoms with E-state index in [1.54, 1.807) is 19.2 Å². The summed E-state index contributed by atoms with van der Waals surface area (Å²) in [5, 5.41) is 2.87. The first-order valence-electron chi connectivity index (χ1n) is 9.80. The zero-order chi connectivity index (χ0) is 21.6. The Balaban J connectivity index is 1.49. The van der Waals surface area contributed by atoms with Gasteiger partial charge in [-0.05, 0) is 37.2 Å². The fourth-order valence-corrected chi connectivity index (χ4v) is 3.38. The number of rotatable bonds is 6. The number of aromatic nitrogens is 1. The number of hydrogen-bond donors (Lipinski definition) is 1. The Morgan fingerprint density at radius 2 is 1.93 bits per heavy atom. The lowest BCUT2D eigenvalue weighted by molar-refractivity contribution is -0.137. The van der Waals surface area contributed by atoms with Crippen molar-refractivity contribution in [3.05, 3.63) is 48.2 Å². The van der Waals surface area contributed by atoms with Gasteiger partial charge in [0.15, 0.2) is 0 Å². The standard InChI is InChI=1S/C21H25F3N4O2/c1-30-18-6-3-2-5-17(18)26-20(29)9-12-27-10-4-11-28(14-13-27)19-8-7-16(15-25-19)21(22,23)24/h2-3,5-8,15H,4,9-14H2,1H3,(H,26,29). The highest BCUT2D eigenvalue weighted by Gasteiger charge is 2.31. The first kappa shape index (κ1) is 21.9. The van der Waals surface area contributed by atoms with Crippen LogP contribution >= 0.6 is 0 Å². The number of ether oxygens (including phenoxy) is 1. The second-order valence-corrected chi connectivity index (χ2v) is 7.08. The molecule has 1 amide bonds. The molecule has 1 saturated heterocycles. The lowest BCUT2D eigenvalue weighted by Gasteiger charge is -2.23. The van der Waals surface area contributed by atoms with Gasteiger partial charge in [-0.1, -0.05) is 12.1 Å². The van der Waals surface area contributed by atoms with Gasteiger partial charge in [-0.3, -0.25) is 4.79 Å². The van der Waals surface area contributed by atoms with Crippen LogP contribution in [0.5, 0.6) is 5.75 Å². The van der Waals surface area contributed by atoms with E-state index < -0.39 is 11.7 Å². The molecule has 0 bridgehead atoms. The number of pyridine rings is 1. The number of nitrogens with one attached hydrogen (secondary N) is 1. The normalized spacial score (nSPS) is 15.5. The van der Waals surface area contributed by atoms with Crippen molar-refractivity contribution in [2.24, 2.45) is 0 Å². The van der Waals surface area contributed by atoms with Crippen molar-refractivity contribution in [1.29, 1.82) is 0 Å². The van der Waals surface area contributed by atoms with Gasteiger partial charge in [0.25, 0.3) is 0 Å². The SMILES string of the molecule is COc1ccccc1NC(=O)CCN1CCCN(c2ccc(C(F)(F)F)cn2)CC1. The van der Waals surface area contributed by atoms with E-state index in [-0.39, 0.29) is 5.91 Å². The number of amides is 1. The van der Waals surface area contributed by atoms with Crippen molar-refractivity contribution >= 4 is 17.4 Å². The molecule has 0 spiro atoms. The zero-order valence-electron chi connectivity index (χ0n) is 16.8. The molecule has 30 heavy (non-hydrogen) atoms. The molecule has 2 heterocycles. The molecule has 0 radical (unpaired) electrons. The van der Waals surface area contributed by atoms with E-state index in [2.05, 4.69) is 15.2 Å². The summed E-state index contributed by atoms with van der Waals surface area (Å²) in [6.07, 6.45) is -2.32. The van der Waals surface area contributed by atoms with Crippen LogP contribution in [0.3, 0.4) is 0 Å². The van der Waals surface area contributed by atoms with Crippen LogP contribution in [0.2, 0.25) is 0 Å². The maximum Gasteiger partial charge on any atom is 0.417 e. The minimum Gasteiger partial charge on any atom is -0.495 e. The van der Waals surface area contributed by atoms with Crippen molar-refractivity contribution in [1.82, 2.24) is 9.88 Å². The van der Waals surface area contributed by atoms with Crippen LogP contribution in [0.15, 0.2) is 42.6 Å². The summed E-state index contributed by atoms with van der Waals surface area (Å²) in [5.41, 5.74) is -0.107. The predicted octanol–water partition coefficient (Wildman–Crippen LogP) is 3.65. The fraction of sp³-hybridized carbons (Fsp3) is 0.429. The zero-order valence-corrected chi connectivity index (χ0v) is 16.8. The van der Waals surface area contributed by atoms with Crippen LogP contribution < -0.4 is 15.0 Å². The minimum absolute atomic E-state index is 0.0926. The van der Waals surface area contributed by atoms with Crippen molar-refractivity contribution in [2.45, 2.75) is 19.0 Å². The van der Waals surface area contributed by atoms with Gasteiger partial charge in [-0.25, -0.2) is 4.98 Å². The summed E-state index contributed by atoms with van der Waals surface area (Å²) in [6, 6.07) is 9.72. The van der Waals surface area contributed by atoms with Gasteiger partial charge in [0.1, 0.15) is 11.6 Å². The Kier molecular flexibility index (Phi) is 7.15. The molecule has 0 aliphatic carbocycles. The third-order valence-electron chi connectivity index (χ3n) is 5.02. The summed E-state index contributed by atoms with van der Waals surface area (Å²) in [6.45, 7) is 3.49. The molecule has 0 unspecified atom stereocenters. The van der Waals surface area contributed by atoms with Crippen LogP contribution in [0.1, 0.15) is 18.4 Å². The number of halogens is 3. The molecule has 3 rings (SSSR count). The van der Waals surface area contributed by atoms with Gasteiger partial charge in [-0.15, -0.1) is 0 Å². The van der Waals surface area contributed by atoms with Crippen LogP contribution in [0.25, 0.3) is 0 Å². The Bertz CT molecular complexity index is 843. The smallest absolute Gasteiger partial charge is 0.417 e. The Morgan fingerprint density at radius 1 is 1.13 bits per heavy atom. The quantitative estimate of drug-likeness (QED) is 0.770. The third kappa shape index (κ3) is 5.85. The van der Waals surface area contributed by atoms with Crippen molar-refractivity contribution in [3.63, 3.8) is 0 Å². The summed E-state index contributed by atoms with van der Waals surface area (Å²) in [4.78, 5) is 20.5. The van der Waals surface area contributed by atoms with Gasteiger partial charge < -0.3 is 19.9 Å². The average molecular weight is 422 g/mol. The molecule has 6 nitrogen and oxygen atoms in total. The van der Waals surface area contributed by atoms with E-state index in [1.807, 2.05) is 17.0 Å². The van der Waals surface area contributed by atoms with Crippen LogP contribution in [-0.4, -0.2) is 55.6 Å². The summed E-state index contributed by atoms with van der Waals surface area (Å²) in [5.74, 6) is 1.06. The average Bonchev–Trinajstić information content (AvgIpc) is 2.98. The monoisotopic (exact) mass is 422 g/mol. The van der Waals surface area contributed by atoms with Crippen molar-refractivity contribution in [2.75, 3.05) is 50.1 Å². The number of benzene rings is 1. The van der Waals surface area contributed by atoms with Gasteiger partial charge in [-0.2, -0.15) is 13.2 Å². The predicted molar refractivity (Wildman–Crippen MR) is 109 cm³/mol. The van der Waals surface area contributed by atoms with E-state index in [0.29, 0.717) is 49.9 Å². The summed E-state index contributed by atoms with van der Waals surface area (Å²) < 4.78 is 43.4. The molecule has 1 fully saturated rings. The van der Waals surface area contributed by atoms with Crippen LogP contribution in [0.4, 0.5) is 24.7 Å². The number of anilines is 2. The Labute approximate surface area is 173 Å². The lowest BCUT2D eigenvalue weighted by atomic mass is 10.2. The first-order chi connectivity index (χ1) is 14.4. The first-order valence-corrected chi connectivity index (χ1v) is 9.80. The van der Waals surface area contributed by atoms with E-state index >= 15 is 0 Å². The second kappa shape index (κ2) is 9.80. The molecular weight excluding hydrogens is 397 g/mol. The van der Waals surface area contributed by atoms with E-state index in [9.17, 15) is 18.0 Å². The number of carbonyl (C=O) groups excluding carboxylic acids is 1. The number of hydrogen-bond acceptors (Lipinski definition) is 5. The third-order valence-corrected chi connectivity index (χ3v) is 5.02. The minimum atomic E-state index is -4.38. The molecule has 1 aromatic carbocycles. The highest BCUT2D eigenvalue weighted by Crippen LogP contribution is 2.29. The topological polar surface area (TPSA) is 57.7 Å². The number of alkyl halides is 3. The van der Waals surface area contributed by atoms with E-state index in [0.717, 1.165) is 25.2 Å². The number of carbonyl (C=O) groups is 1. The molecule has 0 saturated carbocycles. The van der Waals surface area contributed by atoms with Gasteiger partial charge in [0.2, 0.25) is 5.91 Å². The van der Waals surface area contributed by atoms with E-state index in [4.69, 9.17) is 4.74 Å². The van der Waals surface area contributed by atoms with Gasteiger partial charge >= 0.3 is 6.18 Å². The van der Waals surface area contributed by atoms with E-state index in [1.165, 1.54) is 6.07 Å².